The molecule has 0 spiro atoms. The number of nitrogens with one attached hydrogen (secondary N) is 1. The number of alkyl carbamates (subject to hydrolysis) is 1. The van der Waals surface area contributed by atoms with Crippen LogP contribution in [0.25, 0.3) is 0 Å². The highest BCUT2D eigenvalue weighted by Gasteiger charge is 2.22. The molecule has 0 aliphatic carbocycles. The van der Waals surface area contributed by atoms with E-state index in [0.29, 0.717) is 5.56 Å². The Labute approximate surface area is 120 Å². The number of rotatable bonds is 3. The first-order valence-electron chi connectivity index (χ1n) is 5.79. The average Bonchev–Trinajstić information content (AvgIpc) is 2.27. The van der Waals surface area contributed by atoms with Crippen LogP contribution in [0.15, 0.2) is 22.7 Å². The minimum atomic E-state index is -0.736. The van der Waals surface area contributed by atoms with Crippen LogP contribution in [0.5, 0.6) is 0 Å². The number of hydrogen-bond acceptors (Lipinski definition) is 3. The van der Waals surface area contributed by atoms with Crippen LogP contribution in [0.2, 0.25) is 0 Å². The number of carbonyl (C=O) groups excluding carboxylic acids is 1. The molecule has 0 saturated heterocycles. The fraction of sp³-hybridized carbons (Fsp3) is 0.462. The summed E-state index contributed by atoms with van der Waals surface area (Å²) in [5, 5.41) is 11.8. The van der Waals surface area contributed by atoms with Gasteiger partial charge < -0.3 is 15.2 Å². The first-order valence-corrected chi connectivity index (χ1v) is 6.58. The van der Waals surface area contributed by atoms with Gasteiger partial charge in [0.2, 0.25) is 0 Å². The maximum absolute atomic E-state index is 13.4. The van der Waals surface area contributed by atoms with Crippen molar-refractivity contribution in [2.45, 2.75) is 32.4 Å². The van der Waals surface area contributed by atoms with Crippen molar-refractivity contribution in [3.05, 3.63) is 34.1 Å². The number of benzene rings is 1. The molecule has 1 atom stereocenters. The van der Waals surface area contributed by atoms with E-state index in [-0.39, 0.29) is 11.1 Å². The summed E-state index contributed by atoms with van der Waals surface area (Å²) in [6.07, 6.45) is -0.664. The van der Waals surface area contributed by atoms with Gasteiger partial charge in [0.1, 0.15) is 11.4 Å². The molecule has 4 nitrogen and oxygen atoms in total. The van der Waals surface area contributed by atoms with Gasteiger partial charge in [-0.3, -0.25) is 0 Å². The van der Waals surface area contributed by atoms with E-state index >= 15 is 0 Å². The van der Waals surface area contributed by atoms with Gasteiger partial charge in [-0.2, -0.15) is 0 Å². The number of aliphatic hydroxyl groups excluding tert-OH is 1. The lowest BCUT2D eigenvalue weighted by Gasteiger charge is -2.23. The maximum atomic E-state index is 13.4. The van der Waals surface area contributed by atoms with Crippen LogP contribution < -0.4 is 5.32 Å². The summed E-state index contributed by atoms with van der Waals surface area (Å²) in [6, 6.07) is 3.68. The van der Waals surface area contributed by atoms with Crippen LogP contribution in [0.4, 0.5) is 9.18 Å². The Balaban J connectivity index is 2.84. The Morgan fingerprint density at radius 3 is 2.68 bits per heavy atom. The van der Waals surface area contributed by atoms with Crippen molar-refractivity contribution in [1.82, 2.24) is 5.32 Å². The smallest absolute Gasteiger partial charge is 0.408 e. The molecular formula is C13H17BrFNO3. The third-order valence-corrected chi connectivity index (χ3v) is 3.07. The molecule has 1 aromatic carbocycles. The van der Waals surface area contributed by atoms with Crippen LogP contribution in [-0.4, -0.2) is 23.4 Å². The van der Waals surface area contributed by atoms with Gasteiger partial charge in [0.25, 0.3) is 0 Å². The van der Waals surface area contributed by atoms with E-state index < -0.39 is 23.6 Å². The summed E-state index contributed by atoms with van der Waals surface area (Å²) in [4.78, 5) is 11.6. The SMILES string of the molecule is CC(C)(C)OC(=O)NC(CO)c1cccc(F)c1Br. The third kappa shape index (κ3) is 4.80. The highest BCUT2D eigenvalue weighted by molar-refractivity contribution is 9.10. The molecule has 1 unspecified atom stereocenters. The molecule has 1 amide bonds. The van der Waals surface area contributed by atoms with Crippen molar-refractivity contribution in [3.63, 3.8) is 0 Å². The molecule has 0 aliphatic rings. The van der Waals surface area contributed by atoms with Gasteiger partial charge >= 0.3 is 6.09 Å². The maximum Gasteiger partial charge on any atom is 0.408 e. The zero-order valence-electron chi connectivity index (χ0n) is 11.0. The van der Waals surface area contributed by atoms with E-state index in [1.54, 1.807) is 26.8 Å². The van der Waals surface area contributed by atoms with Gasteiger partial charge in [-0.05, 0) is 48.3 Å². The van der Waals surface area contributed by atoms with Crippen molar-refractivity contribution in [1.29, 1.82) is 0 Å². The predicted molar refractivity (Wildman–Crippen MR) is 73.3 cm³/mol. The fourth-order valence-corrected chi connectivity index (χ4v) is 2.00. The molecule has 1 aromatic rings. The number of halogens is 2. The van der Waals surface area contributed by atoms with E-state index in [4.69, 9.17) is 4.74 Å². The summed E-state index contributed by atoms with van der Waals surface area (Å²) in [5.74, 6) is -0.457. The van der Waals surface area contributed by atoms with Gasteiger partial charge in [0.15, 0.2) is 0 Å². The van der Waals surface area contributed by atoms with Crippen LogP contribution in [-0.2, 0) is 4.74 Å². The Morgan fingerprint density at radius 2 is 2.16 bits per heavy atom. The van der Waals surface area contributed by atoms with Crippen molar-refractivity contribution < 1.29 is 19.0 Å². The highest BCUT2D eigenvalue weighted by Crippen LogP contribution is 2.26. The molecule has 0 bridgehead atoms. The molecule has 1 rings (SSSR count). The van der Waals surface area contributed by atoms with Crippen molar-refractivity contribution in [2.24, 2.45) is 0 Å². The number of aliphatic hydroxyl groups is 1. The minimum Gasteiger partial charge on any atom is -0.444 e. The van der Waals surface area contributed by atoms with E-state index in [1.165, 1.54) is 12.1 Å². The molecule has 0 aromatic heterocycles. The molecule has 0 aliphatic heterocycles. The second-order valence-corrected chi connectivity index (χ2v) is 5.82. The van der Waals surface area contributed by atoms with Crippen LogP contribution >= 0.6 is 15.9 Å². The number of ether oxygens (including phenoxy) is 1. The van der Waals surface area contributed by atoms with E-state index in [1.807, 2.05) is 0 Å². The Morgan fingerprint density at radius 1 is 1.53 bits per heavy atom. The molecule has 2 N–H and O–H groups in total. The van der Waals surface area contributed by atoms with E-state index in [0.717, 1.165) is 0 Å². The van der Waals surface area contributed by atoms with Crippen molar-refractivity contribution in [3.8, 4) is 0 Å². The highest BCUT2D eigenvalue weighted by atomic mass is 79.9. The van der Waals surface area contributed by atoms with Crippen LogP contribution in [0.1, 0.15) is 32.4 Å². The Bertz CT molecular complexity index is 460. The predicted octanol–water partition coefficient (Wildman–Crippen LogP) is 3.15. The summed E-state index contributed by atoms with van der Waals surface area (Å²) in [7, 11) is 0. The van der Waals surface area contributed by atoms with Crippen LogP contribution in [0.3, 0.4) is 0 Å². The second-order valence-electron chi connectivity index (χ2n) is 5.02. The molecule has 6 heteroatoms. The van der Waals surface area contributed by atoms with Gasteiger partial charge in [0.05, 0.1) is 17.1 Å². The zero-order chi connectivity index (χ0) is 14.6. The summed E-state index contributed by atoms with van der Waals surface area (Å²) in [5.41, 5.74) is -0.183. The molecule has 0 radical (unpaired) electrons. The van der Waals surface area contributed by atoms with Gasteiger partial charge in [-0.25, -0.2) is 9.18 Å². The van der Waals surface area contributed by atoms with E-state index in [9.17, 15) is 14.3 Å². The lowest BCUT2D eigenvalue weighted by molar-refractivity contribution is 0.0481. The van der Waals surface area contributed by atoms with Gasteiger partial charge in [-0.1, -0.05) is 12.1 Å². The topological polar surface area (TPSA) is 58.6 Å². The lowest BCUT2D eigenvalue weighted by atomic mass is 10.1. The monoisotopic (exact) mass is 333 g/mol. The molecule has 19 heavy (non-hydrogen) atoms. The molecule has 0 saturated carbocycles. The molecule has 0 heterocycles. The average molecular weight is 334 g/mol. The van der Waals surface area contributed by atoms with Gasteiger partial charge in [-0.15, -0.1) is 0 Å². The molecule has 106 valence electrons. The molecule has 0 fully saturated rings. The first kappa shape index (κ1) is 15.9. The van der Waals surface area contributed by atoms with Gasteiger partial charge in [0, 0.05) is 0 Å². The number of carbonyl (C=O) groups is 1. The summed E-state index contributed by atoms with van der Waals surface area (Å²) in [6.45, 7) is 4.84. The number of amides is 1. The number of hydrogen-bond donors (Lipinski definition) is 2. The normalized spacial score (nSPS) is 12.9. The first-order chi connectivity index (χ1) is 8.74. The third-order valence-electron chi connectivity index (χ3n) is 2.23. The Hall–Kier alpha value is -1.14. The fourth-order valence-electron chi connectivity index (χ4n) is 1.46. The second kappa shape index (κ2) is 6.34. The Kier molecular flexibility index (Phi) is 5.31. The summed E-state index contributed by atoms with van der Waals surface area (Å²) < 4.78 is 18.7. The van der Waals surface area contributed by atoms with Crippen molar-refractivity contribution >= 4 is 22.0 Å². The minimum absolute atomic E-state index is 0.213. The summed E-state index contributed by atoms with van der Waals surface area (Å²) >= 11 is 3.09. The van der Waals surface area contributed by atoms with E-state index in [2.05, 4.69) is 21.2 Å². The lowest BCUT2D eigenvalue weighted by Crippen LogP contribution is -2.36. The van der Waals surface area contributed by atoms with Crippen molar-refractivity contribution in [2.75, 3.05) is 6.61 Å². The quantitative estimate of drug-likeness (QED) is 0.893. The largest absolute Gasteiger partial charge is 0.444 e. The molecular weight excluding hydrogens is 317 g/mol. The van der Waals surface area contributed by atoms with Crippen LogP contribution in [0, 0.1) is 5.82 Å². The standard InChI is InChI=1S/C13H17BrFNO3/c1-13(2,3)19-12(18)16-10(7-17)8-5-4-6-9(15)11(8)14/h4-6,10,17H,7H2,1-3H3,(H,16,18). The zero-order valence-corrected chi connectivity index (χ0v) is 12.6.